The Morgan fingerprint density at radius 1 is 1.65 bits per heavy atom. The van der Waals surface area contributed by atoms with Crippen LogP contribution in [0, 0.1) is 5.92 Å². The van der Waals surface area contributed by atoms with E-state index in [4.69, 9.17) is 10.8 Å². The van der Waals surface area contributed by atoms with Crippen LogP contribution in [0.25, 0.3) is 0 Å². The van der Waals surface area contributed by atoms with Crippen LogP contribution in [0.4, 0.5) is 0 Å². The Bertz CT molecular complexity index is 365. The lowest BCUT2D eigenvalue weighted by Crippen LogP contribution is -2.40. The highest BCUT2D eigenvalue weighted by molar-refractivity contribution is 5.75. The standard InChI is InChI=1S/C10H19N5O2/c1-7(6-16)8(2)12-10(17)5-15-4-9(3-11)13-14-15/h4,7-8,16H,3,5-6,11H2,1-2H3,(H,12,17). The number of aliphatic hydroxyl groups is 1. The Morgan fingerprint density at radius 3 is 2.88 bits per heavy atom. The maximum atomic E-state index is 11.6. The van der Waals surface area contributed by atoms with Gasteiger partial charge in [-0.3, -0.25) is 4.79 Å². The number of hydrogen-bond acceptors (Lipinski definition) is 5. The molecule has 0 aliphatic rings. The summed E-state index contributed by atoms with van der Waals surface area (Å²) in [5.41, 5.74) is 6.04. The summed E-state index contributed by atoms with van der Waals surface area (Å²) in [5, 5.41) is 19.3. The summed E-state index contributed by atoms with van der Waals surface area (Å²) < 4.78 is 1.44. The third kappa shape index (κ3) is 4.12. The molecule has 0 radical (unpaired) electrons. The monoisotopic (exact) mass is 241 g/mol. The molecular weight excluding hydrogens is 222 g/mol. The number of rotatable bonds is 6. The van der Waals surface area contributed by atoms with Gasteiger partial charge in [0.25, 0.3) is 0 Å². The van der Waals surface area contributed by atoms with Gasteiger partial charge in [0.15, 0.2) is 0 Å². The van der Waals surface area contributed by atoms with Crippen LogP contribution >= 0.6 is 0 Å². The molecule has 1 aromatic rings. The van der Waals surface area contributed by atoms with Crippen LogP contribution in [0.5, 0.6) is 0 Å². The van der Waals surface area contributed by atoms with Crippen molar-refractivity contribution in [2.45, 2.75) is 33.0 Å². The zero-order valence-electron chi connectivity index (χ0n) is 10.1. The normalized spacial score (nSPS) is 14.4. The molecule has 4 N–H and O–H groups in total. The summed E-state index contributed by atoms with van der Waals surface area (Å²) in [6.07, 6.45) is 1.64. The summed E-state index contributed by atoms with van der Waals surface area (Å²) >= 11 is 0. The third-order valence-corrected chi connectivity index (χ3v) is 2.63. The molecule has 1 heterocycles. The lowest BCUT2D eigenvalue weighted by Gasteiger charge is -2.18. The van der Waals surface area contributed by atoms with Gasteiger partial charge in [0.1, 0.15) is 6.54 Å². The zero-order chi connectivity index (χ0) is 12.8. The second-order valence-electron chi connectivity index (χ2n) is 4.13. The van der Waals surface area contributed by atoms with Crippen LogP contribution in [0.2, 0.25) is 0 Å². The lowest BCUT2D eigenvalue weighted by molar-refractivity contribution is -0.122. The number of carbonyl (C=O) groups is 1. The number of amides is 1. The molecular formula is C10H19N5O2. The van der Waals surface area contributed by atoms with Gasteiger partial charge < -0.3 is 16.2 Å². The van der Waals surface area contributed by atoms with Gasteiger partial charge in [-0.1, -0.05) is 12.1 Å². The molecule has 96 valence electrons. The summed E-state index contributed by atoms with van der Waals surface area (Å²) in [6, 6.07) is -0.0787. The predicted octanol–water partition coefficient (Wildman–Crippen LogP) is -1.13. The van der Waals surface area contributed by atoms with Gasteiger partial charge in [0, 0.05) is 19.2 Å². The van der Waals surface area contributed by atoms with Gasteiger partial charge >= 0.3 is 0 Å². The molecule has 0 spiro atoms. The second kappa shape index (κ2) is 6.31. The first-order valence-corrected chi connectivity index (χ1v) is 5.56. The summed E-state index contributed by atoms with van der Waals surface area (Å²) in [5.74, 6) is -0.138. The largest absolute Gasteiger partial charge is 0.396 e. The molecule has 0 fully saturated rings. The van der Waals surface area contributed by atoms with E-state index in [0.29, 0.717) is 12.2 Å². The minimum Gasteiger partial charge on any atom is -0.396 e. The molecule has 1 amide bonds. The van der Waals surface area contributed by atoms with Crippen LogP contribution in [0.1, 0.15) is 19.5 Å². The van der Waals surface area contributed by atoms with Crippen molar-refractivity contribution < 1.29 is 9.90 Å². The number of carbonyl (C=O) groups excluding carboxylic acids is 1. The smallest absolute Gasteiger partial charge is 0.242 e. The maximum Gasteiger partial charge on any atom is 0.242 e. The van der Waals surface area contributed by atoms with Crippen LogP contribution in [-0.4, -0.2) is 38.7 Å². The molecule has 0 aliphatic heterocycles. The van der Waals surface area contributed by atoms with Crippen LogP contribution < -0.4 is 11.1 Å². The van der Waals surface area contributed by atoms with Crippen molar-refractivity contribution in [1.82, 2.24) is 20.3 Å². The summed E-state index contributed by atoms with van der Waals surface area (Å²) in [6.45, 7) is 4.18. The van der Waals surface area contributed by atoms with Gasteiger partial charge in [0.2, 0.25) is 5.91 Å². The van der Waals surface area contributed by atoms with E-state index in [2.05, 4.69) is 15.6 Å². The Hall–Kier alpha value is -1.47. The fraction of sp³-hybridized carbons (Fsp3) is 0.700. The highest BCUT2D eigenvalue weighted by atomic mass is 16.3. The maximum absolute atomic E-state index is 11.6. The van der Waals surface area contributed by atoms with E-state index in [1.807, 2.05) is 13.8 Å². The van der Waals surface area contributed by atoms with Crippen molar-refractivity contribution in [3.8, 4) is 0 Å². The van der Waals surface area contributed by atoms with Gasteiger partial charge in [-0.2, -0.15) is 0 Å². The minimum absolute atomic E-state index is 0.0225. The molecule has 1 rings (SSSR count). The Labute approximate surface area is 100.0 Å². The molecule has 0 saturated carbocycles. The molecule has 2 unspecified atom stereocenters. The van der Waals surface area contributed by atoms with Crippen molar-refractivity contribution in [3.63, 3.8) is 0 Å². The number of aliphatic hydroxyl groups excluding tert-OH is 1. The number of nitrogens with two attached hydrogens (primary N) is 1. The Balaban J connectivity index is 2.44. The van der Waals surface area contributed by atoms with Crippen LogP contribution in [-0.2, 0) is 17.9 Å². The fourth-order valence-corrected chi connectivity index (χ4v) is 1.26. The second-order valence-corrected chi connectivity index (χ2v) is 4.13. The van der Waals surface area contributed by atoms with E-state index in [-0.39, 0.29) is 31.0 Å². The summed E-state index contributed by atoms with van der Waals surface area (Å²) in [7, 11) is 0. The number of aromatic nitrogens is 3. The topological polar surface area (TPSA) is 106 Å². The van der Waals surface area contributed by atoms with E-state index >= 15 is 0 Å². The van der Waals surface area contributed by atoms with Crippen LogP contribution in [0.15, 0.2) is 6.20 Å². The van der Waals surface area contributed by atoms with Gasteiger partial charge in [-0.15, -0.1) is 5.10 Å². The first-order valence-electron chi connectivity index (χ1n) is 5.56. The average molecular weight is 241 g/mol. The van der Waals surface area contributed by atoms with E-state index in [1.54, 1.807) is 6.20 Å². The minimum atomic E-state index is -0.161. The number of nitrogens with zero attached hydrogens (tertiary/aromatic N) is 3. The van der Waals surface area contributed by atoms with Gasteiger partial charge in [0.05, 0.1) is 11.9 Å². The fourth-order valence-electron chi connectivity index (χ4n) is 1.26. The molecule has 2 atom stereocenters. The Kier molecular flexibility index (Phi) is 5.05. The highest BCUT2D eigenvalue weighted by Gasteiger charge is 2.14. The van der Waals surface area contributed by atoms with E-state index < -0.39 is 0 Å². The molecule has 1 aromatic heterocycles. The first-order chi connectivity index (χ1) is 8.06. The van der Waals surface area contributed by atoms with Crippen molar-refractivity contribution in [1.29, 1.82) is 0 Å². The number of nitrogens with one attached hydrogen (secondary N) is 1. The van der Waals surface area contributed by atoms with Gasteiger partial charge in [-0.05, 0) is 12.8 Å². The first kappa shape index (κ1) is 13.6. The Morgan fingerprint density at radius 2 is 2.35 bits per heavy atom. The lowest BCUT2D eigenvalue weighted by atomic mass is 10.1. The van der Waals surface area contributed by atoms with Crippen molar-refractivity contribution in [2.24, 2.45) is 11.7 Å². The van der Waals surface area contributed by atoms with Crippen molar-refractivity contribution >= 4 is 5.91 Å². The van der Waals surface area contributed by atoms with Crippen molar-refractivity contribution in [3.05, 3.63) is 11.9 Å². The van der Waals surface area contributed by atoms with E-state index in [9.17, 15) is 4.79 Å². The molecule has 7 heteroatoms. The molecule has 17 heavy (non-hydrogen) atoms. The summed E-state index contributed by atoms with van der Waals surface area (Å²) in [4.78, 5) is 11.6. The SMILES string of the molecule is CC(CO)C(C)NC(=O)Cn1cc(CN)nn1. The molecule has 0 aromatic carbocycles. The van der Waals surface area contributed by atoms with E-state index in [0.717, 1.165) is 0 Å². The van der Waals surface area contributed by atoms with Crippen molar-refractivity contribution in [2.75, 3.05) is 6.61 Å². The molecule has 0 aliphatic carbocycles. The zero-order valence-corrected chi connectivity index (χ0v) is 10.1. The number of hydrogen-bond donors (Lipinski definition) is 3. The van der Waals surface area contributed by atoms with Gasteiger partial charge in [-0.25, -0.2) is 4.68 Å². The third-order valence-electron chi connectivity index (χ3n) is 2.63. The quantitative estimate of drug-likeness (QED) is 0.584. The molecule has 7 nitrogen and oxygen atoms in total. The highest BCUT2D eigenvalue weighted by Crippen LogP contribution is 2.00. The molecule has 0 bridgehead atoms. The molecule has 0 saturated heterocycles. The average Bonchev–Trinajstić information content (AvgIpc) is 2.75. The van der Waals surface area contributed by atoms with E-state index in [1.165, 1.54) is 4.68 Å². The van der Waals surface area contributed by atoms with Crippen LogP contribution in [0.3, 0.4) is 0 Å². The predicted molar refractivity (Wildman–Crippen MR) is 61.8 cm³/mol.